The van der Waals surface area contributed by atoms with Crippen molar-refractivity contribution >= 4 is 11.7 Å². The van der Waals surface area contributed by atoms with E-state index < -0.39 is 0 Å². The van der Waals surface area contributed by atoms with Gasteiger partial charge in [0, 0.05) is 31.0 Å². The van der Waals surface area contributed by atoms with Crippen LogP contribution in [0.2, 0.25) is 0 Å². The zero-order chi connectivity index (χ0) is 16.7. The van der Waals surface area contributed by atoms with Gasteiger partial charge in [0.05, 0.1) is 0 Å². The maximum Gasteiger partial charge on any atom is 0.220 e. The highest BCUT2D eigenvalue weighted by molar-refractivity contribution is 5.97. The first-order valence-electron chi connectivity index (χ1n) is 8.36. The molecule has 23 heavy (non-hydrogen) atoms. The van der Waals surface area contributed by atoms with Crippen LogP contribution < -0.4 is 5.32 Å². The van der Waals surface area contributed by atoms with Gasteiger partial charge in [0.2, 0.25) is 5.91 Å². The van der Waals surface area contributed by atoms with E-state index in [1.807, 2.05) is 0 Å². The molecule has 5 heteroatoms. The fourth-order valence-electron chi connectivity index (χ4n) is 2.85. The number of likely N-dealkylation sites (tertiary alicyclic amines) is 1. The number of amides is 1. The first kappa shape index (κ1) is 17.6. The number of piperidine rings is 1. The molecule has 1 amide bonds. The Hall–Kier alpha value is -1.75. The lowest BCUT2D eigenvalue weighted by molar-refractivity contribution is -0.121. The molecule has 1 heterocycles. The Morgan fingerprint density at radius 3 is 2.43 bits per heavy atom. The van der Waals surface area contributed by atoms with Crippen LogP contribution in [0.3, 0.4) is 0 Å². The number of hydrogen-bond acceptors (Lipinski definition) is 3. The molecule has 0 aromatic heterocycles. The lowest BCUT2D eigenvalue weighted by Crippen LogP contribution is -2.44. The van der Waals surface area contributed by atoms with Gasteiger partial charge in [-0.25, -0.2) is 4.39 Å². The summed E-state index contributed by atoms with van der Waals surface area (Å²) in [6.07, 6.45) is 4.06. The quantitative estimate of drug-likeness (QED) is 0.786. The summed E-state index contributed by atoms with van der Waals surface area (Å²) in [5, 5.41) is 2.90. The van der Waals surface area contributed by atoms with Crippen LogP contribution in [0.1, 0.15) is 49.4 Å². The Labute approximate surface area is 137 Å². The molecule has 126 valence electrons. The zero-order valence-corrected chi connectivity index (χ0v) is 13.7. The first-order valence-corrected chi connectivity index (χ1v) is 8.36. The Morgan fingerprint density at radius 1 is 1.13 bits per heavy atom. The van der Waals surface area contributed by atoms with Gasteiger partial charge in [-0.3, -0.25) is 14.5 Å². The smallest absolute Gasteiger partial charge is 0.220 e. The van der Waals surface area contributed by atoms with Gasteiger partial charge in [0.25, 0.3) is 0 Å². The molecular weight excluding hydrogens is 295 g/mol. The second-order valence-electron chi connectivity index (χ2n) is 6.18. The molecule has 0 bridgehead atoms. The van der Waals surface area contributed by atoms with Crippen molar-refractivity contribution in [3.05, 3.63) is 35.6 Å². The van der Waals surface area contributed by atoms with Crippen LogP contribution >= 0.6 is 0 Å². The summed E-state index contributed by atoms with van der Waals surface area (Å²) >= 11 is 0. The number of carbonyl (C=O) groups excluding carboxylic acids is 2. The molecular formula is C18H25FN2O2. The van der Waals surface area contributed by atoms with Gasteiger partial charge in [0.1, 0.15) is 5.82 Å². The van der Waals surface area contributed by atoms with Gasteiger partial charge >= 0.3 is 0 Å². The highest BCUT2D eigenvalue weighted by Crippen LogP contribution is 2.11. The number of rotatable bonds is 7. The number of Topliss-reactive ketones (excluding diaryl/α,β-unsaturated/α-hetero) is 1. The average molecular weight is 320 g/mol. The summed E-state index contributed by atoms with van der Waals surface area (Å²) in [6.45, 7) is 4.93. The number of ketones is 1. The van der Waals surface area contributed by atoms with Gasteiger partial charge in [-0.1, -0.05) is 6.42 Å². The van der Waals surface area contributed by atoms with E-state index in [1.54, 1.807) is 0 Å². The van der Waals surface area contributed by atoms with Crippen LogP contribution in [-0.2, 0) is 4.79 Å². The Kier molecular flexibility index (Phi) is 6.71. The largest absolute Gasteiger partial charge is 0.355 e. The molecule has 1 aliphatic heterocycles. The van der Waals surface area contributed by atoms with Crippen LogP contribution in [0.15, 0.2) is 24.3 Å². The van der Waals surface area contributed by atoms with Crippen LogP contribution in [0.25, 0.3) is 0 Å². The van der Waals surface area contributed by atoms with Crippen molar-refractivity contribution in [2.45, 2.75) is 45.1 Å². The maximum atomic E-state index is 12.8. The molecule has 0 radical (unpaired) electrons. The van der Waals surface area contributed by atoms with E-state index in [0.717, 1.165) is 13.1 Å². The van der Waals surface area contributed by atoms with Crippen molar-refractivity contribution in [3.8, 4) is 0 Å². The monoisotopic (exact) mass is 320 g/mol. The minimum absolute atomic E-state index is 0.107. The van der Waals surface area contributed by atoms with Crippen molar-refractivity contribution in [3.63, 3.8) is 0 Å². The van der Waals surface area contributed by atoms with E-state index in [4.69, 9.17) is 0 Å². The number of benzene rings is 1. The number of carbonyl (C=O) groups is 2. The topological polar surface area (TPSA) is 49.4 Å². The second-order valence-corrected chi connectivity index (χ2v) is 6.18. The fraction of sp³-hybridized carbons (Fsp3) is 0.556. The maximum absolute atomic E-state index is 12.8. The Bertz CT molecular complexity index is 524. The third-order valence-corrected chi connectivity index (χ3v) is 4.35. The van der Waals surface area contributed by atoms with Crippen molar-refractivity contribution in [2.75, 3.05) is 19.6 Å². The zero-order valence-electron chi connectivity index (χ0n) is 13.7. The van der Waals surface area contributed by atoms with Crippen LogP contribution in [-0.4, -0.2) is 42.3 Å². The van der Waals surface area contributed by atoms with Gasteiger partial charge in [-0.05, 0) is 57.1 Å². The van der Waals surface area contributed by atoms with Crippen molar-refractivity contribution in [1.82, 2.24) is 10.2 Å². The van der Waals surface area contributed by atoms with Crippen LogP contribution in [0.4, 0.5) is 4.39 Å². The van der Waals surface area contributed by atoms with Gasteiger partial charge in [0.15, 0.2) is 5.78 Å². The molecule has 2 rings (SSSR count). The lowest BCUT2D eigenvalue weighted by Gasteiger charge is -2.32. The number of nitrogens with one attached hydrogen (secondary N) is 1. The van der Waals surface area contributed by atoms with E-state index in [2.05, 4.69) is 17.1 Å². The molecule has 0 aliphatic carbocycles. The average Bonchev–Trinajstić information content (AvgIpc) is 2.59. The van der Waals surface area contributed by atoms with Gasteiger partial charge in [-0.2, -0.15) is 0 Å². The number of nitrogens with zero attached hydrogens (tertiary/aromatic N) is 1. The van der Waals surface area contributed by atoms with E-state index >= 15 is 0 Å². The van der Waals surface area contributed by atoms with E-state index in [-0.39, 0.29) is 30.3 Å². The highest BCUT2D eigenvalue weighted by atomic mass is 19.1. The SMILES string of the molecule is CC(CNC(=O)CCC(=O)c1ccc(F)cc1)N1CCCCC1. The normalized spacial score (nSPS) is 16.8. The van der Waals surface area contributed by atoms with E-state index in [9.17, 15) is 14.0 Å². The molecule has 1 aromatic rings. The Balaban J connectivity index is 1.68. The molecule has 4 nitrogen and oxygen atoms in total. The lowest BCUT2D eigenvalue weighted by atomic mass is 10.1. The molecule has 1 unspecified atom stereocenters. The molecule has 0 spiro atoms. The first-order chi connectivity index (χ1) is 11.1. The molecule has 1 aliphatic rings. The van der Waals surface area contributed by atoms with Crippen LogP contribution in [0, 0.1) is 5.82 Å². The summed E-state index contributed by atoms with van der Waals surface area (Å²) < 4.78 is 12.8. The predicted octanol–water partition coefficient (Wildman–Crippen LogP) is 2.78. The van der Waals surface area contributed by atoms with Crippen molar-refractivity contribution in [2.24, 2.45) is 0 Å². The summed E-state index contributed by atoms with van der Waals surface area (Å²) in [5.74, 6) is -0.612. The highest BCUT2D eigenvalue weighted by Gasteiger charge is 2.17. The minimum atomic E-state index is -0.369. The number of halogens is 1. The third kappa shape index (κ3) is 5.75. The van der Waals surface area contributed by atoms with E-state index in [1.165, 1.54) is 43.5 Å². The van der Waals surface area contributed by atoms with Gasteiger partial charge in [-0.15, -0.1) is 0 Å². The minimum Gasteiger partial charge on any atom is -0.355 e. The predicted molar refractivity (Wildman–Crippen MR) is 87.9 cm³/mol. The van der Waals surface area contributed by atoms with Crippen LogP contribution in [0.5, 0.6) is 0 Å². The summed E-state index contributed by atoms with van der Waals surface area (Å²) in [6, 6.07) is 5.75. The molecule has 1 fully saturated rings. The van der Waals surface area contributed by atoms with Gasteiger partial charge < -0.3 is 5.32 Å². The summed E-state index contributed by atoms with van der Waals surface area (Å²) in [4.78, 5) is 26.2. The van der Waals surface area contributed by atoms with E-state index in [0.29, 0.717) is 18.2 Å². The molecule has 1 saturated heterocycles. The fourth-order valence-corrected chi connectivity index (χ4v) is 2.85. The summed E-state index contributed by atoms with van der Waals surface area (Å²) in [7, 11) is 0. The van der Waals surface area contributed by atoms with Crippen molar-refractivity contribution < 1.29 is 14.0 Å². The molecule has 1 aromatic carbocycles. The molecule has 1 atom stereocenters. The Morgan fingerprint density at radius 2 is 1.78 bits per heavy atom. The van der Waals surface area contributed by atoms with Crippen molar-refractivity contribution in [1.29, 1.82) is 0 Å². The summed E-state index contributed by atoms with van der Waals surface area (Å²) in [5.41, 5.74) is 0.445. The molecule has 1 N–H and O–H groups in total. The number of hydrogen-bond donors (Lipinski definition) is 1. The standard InChI is InChI=1S/C18H25FN2O2/c1-14(21-11-3-2-4-12-21)13-20-18(23)10-9-17(22)15-5-7-16(19)8-6-15/h5-8,14H,2-4,9-13H2,1H3,(H,20,23). The second kappa shape index (κ2) is 8.77. The third-order valence-electron chi connectivity index (χ3n) is 4.35. The molecule has 0 saturated carbocycles.